The average Bonchev–Trinajstić information content (AvgIpc) is 2.62. The molecule has 6 heteroatoms. The van der Waals surface area contributed by atoms with Gasteiger partial charge in [0, 0.05) is 29.2 Å². The summed E-state index contributed by atoms with van der Waals surface area (Å²) in [6, 6.07) is 10.1. The van der Waals surface area contributed by atoms with E-state index in [-0.39, 0.29) is 24.2 Å². The van der Waals surface area contributed by atoms with Crippen LogP contribution in [0.25, 0.3) is 0 Å². The van der Waals surface area contributed by atoms with Gasteiger partial charge in [0.25, 0.3) is 5.91 Å². The summed E-state index contributed by atoms with van der Waals surface area (Å²) in [6.07, 6.45) is 1.36. The lowest BCUT2D eigenvalue weighted by molar-refractivity contribution is -0.00769. The number of nitrogens with zero attached hydrogens (tertiary/aromatic N) is 1. The van der Waals surface area contributed by atoms with Crippen LogP contribution in [0.1, 0.15) is 28.8 Å². The van der Waals surface area contributed by atoms with E-state index >= 15 is 0 Å². The molecule has 0 spiro atoms. The van der Waals surface area contributed by atoms with Gasteiger partial charge in [-0.2, -0.15) is 0 Å². The minimum absolute atomic E-state index is 0.0204. The fourth-order valence-electron chi connectivity index (χ4n) is 2.92. The number of hydrogen-bond acceptors (Lipinski definition) is 2. The quantitative estimate of drug-likeness (QED) is 0.801. The zero-order valence-electron chi connectivity index (χ0n) is 13.6. The normalized spacial score (nSPS) is 17.6. The Morgan fingerprint density at radius 3 is 2.88 bits per heavy atom. The minimum Gasteiger partial charge on any atom is -0.372 e. The number of benzene rings is 2. The van der Waals surface area contributed by atoms with Gasteiger partial charge in [0.05, 0.1) is 12.7 Å². The van der Waals surface area contributed by atoms with E-state index in [2.05, 4.69) is 0 Å². The third kappa shape index (κ3) is 4.55. The summed E-state index contributed by atoms with van der Waals surface area (Å²) < 4.78 is 32.6. The molecule has 2 aromatic rings. The van der Waals surface area contributed by atoms with Gasteiger partial charge in [-0.3, -0.25) is 4.79 Å². The first-order chi connectivity index (χ1) is 12.0. The summed E-state index contributed by atoms with van der Waals surface area (Å²) in [5, 5.41) is 0.511. The highest BCUT2D eigenvalue weighted by Crippen LogP contribution is 2.20. The molecule has 3 nitrogen and oxygen atoms in total. The lowest BCUT2D eigenvalue weighted by Crippen LogP contribution is -2.43. The van der Waals surface area contributed by atoms with Crippen molar-refractivity contribution in [3.05, 3.63) is 70.2 Å². The fraction of sp³-hybridized carbons (Fsp3) is 0.316. The highest BCUT2D eigenvalue weighted by atomic mass is 35.5. The lowest BCUT2D eigenvalue weighted by Gasteiger charge is -2.32. The minimum atomic E-state index is -0.499. The Morgan fingerprint density at radius 2 is 2.08 bits per heavy atom. The first-order valence-corrected chi connectivity index (χ1v) is 8.51. The molecule has 132 valence electrons. The SMILES string of the molecule is O=C(c1cccc(Cl)c1)N1CCCC(OCc2cc(F)ccc2F)C1. The molecule has 1 atom stereocenters. The number of rotatable bonds is 4. The zero-order chi connectivity index (χ0) is 17.8. The molecule has 1 heterocycles. The molecule has 1 saturated heterocycles. The monoisotopic (exact) mass is 365 g/mol. The second-order valence-electron chi connectivity index (χ2n) is 6.07. The van der Waals surface area contributed by atoms with Crippen LogP contribution >= 0.6 is 11.6 Å². The van der Waals surface area contributed by atoms with Crippen molar-refractivity contribution in [1.29, 1.82) is 0 Å². The topological polar surface area (TPSA) is 29.5 Å². The maximum absolute atomic E-state index is 13.7. The van der Waals surface area contributed by atoms with Gasteiger partial charge in [0.2, 0.25) is 0 Å². The molecule has 0 radical (unpaired) electrons. The molecule has 1 amide bonds. The molecule has 0 aromatic heterocycles. The molecule has 1 unspecified atom stereocenters. The number of likely N-dealkylation sites (tertiary alicyclic amines) is 1. The van der Waals surface area contributed by atoms with Crippen molar-refractivity contribution in [2.45, 2.75) is 25.6 Å². The number of carbonyl (C=O) groups is 1. The predicted molar refractivity (Wildman–Crippen MR) is 91.5 cm³/mol. The first kappa shape index (κ1) is 17.8. The molecule has 0 bridgehead atoms. The summed E-state index contributed by atoms with van der Waals surface area (Å²) in [4.78, 5) is 14.3. The number of amides is 1. The molecule has 25 heavy (non-hydrogen) atoms. The Kier molecular flexibility index (Phi) is 5.66. The molecule has 0 N–H and O–H groups in total. The van der Waals surface area contributed by atoms with E-state index in [1.807, 2.05) is 0 Å². The Bertz CT molecular complexity index is 769. The van der Waals surface area contributed by atoms with E-state index in [4.69, 9.17) is 16.3 Å². The van der Waals surface area contributed by atoms with Gasteiger partial charge in [-0.1, -0.05) is 17.7 Å². The van der Waals surface area contributed by atoms with Gasteiger partial charge < -0.3 is 9.64 Å². The number of halogens is 3. The summed E-state index contributed by atoms with van der Waals surface area (Å²) in [5.41, 5.74) is 0.711. The molecule has 2 aromatic carbocycles. The average molecular weight is 366 g/mol. The van der Waals surface area contributed by atoms with E-state index in [1.54, 1.807) is 29.2 Å². The van der Waals surface area contributed by atoms with Crippen molar-refractivity contribution in [2.75, 3.05) is 13.1 Å². The van der Waals surface area contributed by atoms with Gasteiger partial charge in [-0.25, -0.2) is 8.78 Å². The third-order valence-corrected chi connectivity index (χ3v) is 4.45. The van der Waals surface area contributed by atoms with E-state index < -0.39 is 11.6 Å². The second-order valence-corrected chi connectivity index (χ2v) is 6.51. The van der Waals surface area contributed by atoms with Gasteiger partial charge in [-0.05, 0) is 49.2 Å². The highest BCUT2D eigenvalue weighted by Gasteiger charge is 2.25. The lowest BCUT2D eigenvalue weighted by atomic mass is 10.1. The molecule has 1 fully saturated rings. The van der Waals surface area contributed by atoms with Gasteiger partial charge >= 0.3 is 0 Å². The van der Waals surface area contributed by atoms with Gasteiger partial charge in [0.1, 0.15) is 11.6 Å². The fourth-order valence-corrected chi connectivity index (χ4v) is 3.11. The van der Waals surface area contributed by atoms with Crippen molar-refractivity contribution in [2.24, 2.45) is 0 Å². The van der Waals surface area contributed by atoms with E-state index in [0.29, 0.717) is 23.7 Å². The van der Waals surface area contributed by atoms with Crippen LogP contribution in [0.2, 0.25) is 5.02 Å². The van der Waals surface area contributed by atoms with Crippen molar-refractivity contribution >= 4 is 17.5 Å². The first-order valence-electron chi connectivity index (χ1n) is 8.13. The second kappa shape index (κ2) is 7.93. The molecule has 3 rings (SSSR count). The molecule has 0 saturated carbocycles. The van der Waals surface area contributed by atoms with Crippen LogP contribution in [0.5, 0.6) is 0 Å². The van der Waals surface area contributed by atoms with E-state index in [9.17, 15) is 13.6 Å². The van der Waals surface area contributed by atoms with E-state index in [1.165, 1.54) is 0 Å². The molecular weight excluding hydrogens is 348 g/mol. The summed E-state index contributed by atoms with van der Waals surface area (Å²) in [5.74, 6) is -1.10. The van der Waals surface area contributed by atoms with Crippen LogP contribution in [-0.4, -0.2) is 30.0 Å². The highest BCUT2D eigenvalue weighted by molar-refractivity contribution is 6.30. The standard InChI is InChI=1S/C19H18ClF2NO2/c20-15-4-1-3-13(9-15)19(24)23-8-2-5-17(11-23)25-12-14-10-16(21)6-7-18(14)22/h1,3-4,6-7,9-10,17H,2,5,8,11-12H2. The summed E-state index contributed by atoms with van der Waals surface area (Å²) in [6.45, 7) is 1.04. The maximum atomic E-state index is 13.7. The summed E-state index contributed by atoms with van der Waals surface area (Å²) >= 11 is 5.94. The largest absolute Gasteiger partial charge is 0.372 e. The van der Waals surface area contributed by atoms with Crippen LogP contribution < -0.4 is 0 Å². The van der Waals surface area contributed by atoms with Crippen LogP contribution in [0, 0.1) is 11.6 Å². The van der Waals surface area contributed by atoms with Crippen molar-refractivity contribution in [3.8, 4) is 0 Å². The maximum Gasteiger partial charge on any atom is 0.253 e. The predicted octanol–water partition coefficient (Wildman–Crippen LogP) is 4.44. The number of piperidine rings is 1. The molecule has 1 aliphatic rings. The molecule has 0 aliphatic carbocycles. The van der Waals surface area contributed by atoms with Gasteiger partial charge in [-0.15, -0.1) is 0 Å². The number of hydrogen-bond donors (Lipinski definition) is 0. The Labute approximate surface area is 150 Å². The number of ether oxygens (including phenoxy) is 1. The Morgan fingerprint density at radius 1 is 1.24 bits per heavy atom. The summed E-state index contributed by atoms with van der Waals surface area (Å²) in [7, 11) is 0. The Balaban J connectivity index is 1.61. The zero-order valence-corrected chi connectivity index (χ0v) is 14.3. The van der Waals surface area contributed by atoms with E-state index in [0.717, 1.165) is 31.0 Å². The van der Waals surface area contributed by atoms with Gasteiger partial charge in [0.15, 0.2) is 0 Å². The Hall–Kier alpha value is -1.98. The van der Waals surface area contributed by atoms with Crippen LogP contribution in [0.4, 0.5) is 8.78 Å². The van der Waals surface area contributed by atoms with Crippen molar-refractivity contribution < 1.29 is 18.3 Å². The van der Waals surface area contributed by atoms with Crippen molar-refractivity contribution in [1.82, 2.24) is 4.90 Å². The smallest absolute Gasteiger partial charge is 0.253 e. The molecule has 1 aliphatic heterocycles. The van der Waals surface area contributed by atoms with Crippen LogP contribution in [0.15, 0.2) is 42.5 Å². The number of carbonyl (C=O) groups excluding carboxylic acids is 1. The molecular formula is C19H18ClF2NO2. The van der Waals surface area contributed by atoms with Crippen LogP contribution in [-0.2, 0) is 11.3 Å². The van der Waals surface area contributed by atoms with Crippen LogP contribution in [0.3, 0.4) is 0 Å². The third-order valence-electron chi connectivity index (χ3n) is 4.22. The van der Waals surface area contributed by atoms with Crippen molar-refractivity contribution in [3.63, 3.8) is 0 Å².